The Labute approximate surface area is 136 Å². The second kappa shape index (κ2) is 7.32. The summed E-state index contributed by atoms with van der Waals surface area (Å²) in [5.41, 5.74) is 0.682. The highest BCUT2D eigenvalue weighted by Gasteiger charge is 2.35. The van der Waals surface area contributed by atoms with Crippen LogP contribution in [-0.2, 0) is 15.0 Å². The molecule has 0 radical (unpaired) electrons. The van der Waals surface area contributed by atoms with E-state index in [1.807, 2.05) is 12.1 Å². The van der Waals surface area contributed by atoms with E-state index in [2.05, 4.69) is 5.32 Å². The highest BCUT2D eigenvalue weighted by Crippen LogP contribution is 2.34. The number of ether oxygens (including phenoxy) is 3. The molecule has 1 N–H and O–H groups in total. The van der Waals surface area contributed by atoms with Crippen LogP contribution in [0.15, 0.2) is 30.5 Å². The number of halogens is 1. The van der Waals surface area contributed by atoms with E-state index in [4.69, 9.17) is 14.2 Å². The second-order valence-electron chi connectivity index (χ2n) is 6.13. The summed E-state index contributed by atoms with van der Waals surface area (Å²) in [4.78, 5) is 0. The van der Waals surface area contributed by atoms with Gasteiger partial charge >= 0.3 is 0 Å². The third-order valence-electron chi connectivity index (χ3n) is 4.74. The number of nitrogens with one attached hydrogen (secondary N) is 1. The quantitative estimate of drug-likeness (QED) is 0.904. The standard InChI is InChI=1S/C18H24FNO3/c1-21-17-6-5-14(12-16(17)19)18(7-10-22-11-8-18)20-13-15-4-2-3-9-23-15/h3,5-6,9,12,15,20H,2,4,7-8,10-11,13H2,1H3/t15-/m1/s1. The molecule has 0 bridgehead atoms. The van der Waals surface area contributed by atoms with Crippen LogP contribution in [0.2, 0.25) is 0 Å². The van der Waals surface area contributed by atoms with Gasteiger partial charge in [0.1, 0.15) is 6.10 Å². The summed E-state index contributed by atoms with van der Waals surface area (Å²) in [6.45, 7) is 2.09. The van der Waals surface area contributed by atoms with E-state index in [0.29, 0.717) is 13.2 Å². The van der Waals surface area contributed by atoms with Gasteiger partial charge in [0.25, 0.3) is 0 Å². The summed E-state index contributed by atoms with van der Waals surface area (Å²) >= 11 is 0. The number of benzene rings is 1. The van der Waals surface area contributed by atoms with E-state index in [1.54, 1.807) is 18.4 Å². The Bertz CT molecular complexity index is 555. The van der Waals surface area contributed by atoms with Gasteiger partial charge in [-0.05, 0) is 49.5 Å². The largest absolute Gasteiger partial charge is 0.497 e. The zero-order valence-corrected chi connectivity index (χ0v) is 13.5. The van der Waals surface area contributed by atoms with E-state index in [0.717, 1.165) is 37.8 Å². The van der Waals surface area contributed by atoms with Crippen LogP contribution < -0.4 is 10.1 Å². The molecule has 1 aromatic rings. The Morgan fingerprint density at radius 2 is 2.17 bits per heavy atom. The fourth-order valence-electron chi connectivity index (χ4n) is 3.30. The summed E-state index contributed by atoms with van der Waals surface area (Å²) in [6, 6.07) is 5.23. The van der Waals surface area contributed by atoms with Gasteiger partial charge in [0.15, 0.2) is 11.6 Å². The van der Waals surface area contributed by atoms with Crippen LogP contribution in [0.4, 0.5) is 4.39 Å². The molecule has 2 heterocycles. The third-order valence-corrected chi connectivity index (χ3v) is 4.74. The number of methoxy groups -OCH3 is 1. The van der Waals surface area contributed by atoms with Gasteiger partial charge in [0.05, 0.1) is 13.4 Å². The average molecular weight is 321 g/mol. The second-order valence-corrected chi connectivity index (χ2v) is 6.13. The van der Waals surface area contributed by atoms with Crippen LogP contribution in [0.25, 0.3) is 0 Å². The van der Waals surface area contributed by atoms with Crippen LogP contribution in [0.5, 0.6) is 5.75 Å². The van der Waals surface area contributed by atoms with Gasteiger partial charge < -0.3 is 19.5 Å². The zero-order valence-electron chi connectivity index (χ0n) is 13.5. The number of allylic oxidation sites excluding steroid dienone is 1. The van der Waals surface area contributed by atoms with Crippen LogP contribution in [-0.4, -0.2) is 33.0 Å². The molecule has 0 aromatic heterocycles. The van der Waals surface area contributed by atoms with Gasteiger partial charge in [-0.25, -0.2) is 4.39 Å². The van der Waals surface area contributed by atoms with Crippen LogP contribution >= 0.6 is 0 Å². The third kappa shape index (κ3) is 3.67. The topological polar surface area (TPSA) is 39.7 Å². The first-order valence-corrected chi connectivity index (χ1v) is 8.21. The van der Waals surface area contributed by atoms with Crippen molar-refractivity contribution in [2.75, 3.05) is 26.9 Å². The molecular weight excluding hydrogens is 297 g/mol. The van der Waals surface area contributed by atoms with E-state index in [-0.39, 0.29) is 23.2 Å². The first kappa shape index (κ1) is 16.3. The molecule has 4 nitrogen and oxygen atoms in total. The molecule has 0 saturated carbocycles. The SMILES string of the molecule is COc1ccc(C2(NC[C@H]3CCC=CO3)CCOCC2)cc1F. The number of rotatable bonds is 5. The maximum absolute atomic E-state index is 14.2. The van der Waals surface area contributed by atoms with Gasteiger partial charge in [0, 0.05) is 25.3 Å². The van der Waals surface area contributed by atoms with Crippen LogP contribution in [0, 0.1) is 5.82 Å². The fraction of sp³-hybridized carbons (Fsp3) is 0.556. The maximum atomic E-state index is 14.2. The Hall–Kier alpha value is -1.59. The molecule has 0 amide bonds. The molecule has 3 rings (SSSR count). The van der Waals surface area contributed by atoms with E-state index >= 15 is 0 Å². The van der Waals surface area contributed by atoms with Crippen molar-refractivity contribution in [2.24, 2.45) is 0 Å². The van der Waals surface area contributed by atoms with Crippen molar-refractivity contribution >= 4 is 0 Å². The Balaban J connectivity index is 1.78. The van der Waals surface area contributed by atoms with Crippen molar-refractivity contribution in [3.8, 4) is 5.75 Å². The fourth-order valence-corrected chi connectivity index (χ4v) is 3.30. The lowest BCUT2D eigenvalue weighted by atomic mass is 9.82. The molecule has 1 atom stereocenters. The summed E-state index contributed by atoms with van der Waals surface area (Å²) in [5, 5.41) is 3.64. The van der Waals surface area contributed by atoms with E-state index in [1.165, 1.54) is 7.11 Å². The monoisotopic (exact) mass is 321 g/mol. The molecular formula is C18H24FNO3. The van der Waals surface area contributed by atoms with Crippen LogP contribution in [0.3, 0.4) is 0 Å². The van der Waals surface area contributed by atoms with Crippen molar-refractivity contribution in [2.45, 2.75) is 37.3 Å². The molecule has 23 heavy (non-hydrogen) atoms. The minimum Gasteiger partial charge on any atom is -0.497 e. The molecule has 5 heteroatoms. The average Bonchev–Trinajstić information content (AvgIpc) is 2.61. The lowest BCUT2D eigenvalue weighted by Gasteiger charge is -2.40. The molecule has 0 aliphatic carbocycles. The summed E-state index contributed by atoms with van der Waals surface area (Å²) in [6.07, 6.45) is 7.68. The zero-order chi connectivity index (χ0) is 16.1. The molecule has 2 aliphatic heterocycles. The number of hydrogen-bond acceptors (Lipinski definition) is 4. The first-order valence-electron chi connectivity index (χ1n) is 8.21. The maximum Gasteiger partial charge on any atom is 0.165 e. The molecule has 126 valence electrons. The summed E-state index contributed by atoms with van der Waals surface area (Å²) in [5.74, 6) is -0.0498. The molecule has 1 aromatic carbocycles. The van der Waals surface area contributed by atoms with Crippen molar-refractivity contribution in [1.29, 1.82) is 0 Å². The predicted molar refractivity (Wildman–Crippen MR) is 85.9 cm³/mol. The predicted octanol–water partition coefficient (Wildman–Crippen LogP) is 3.12. The van der Waals surface area contributed by atoms with Crippen molar-refractivity contribution in [3.63, 3.8) is 0 Å². The summed E-state index contributed by atoms with van der Waals surface area (Å²) < 4.78 is 30.3. The van der Waals surface area contributed by atoms with Gasteiger partial charge in [0.2, 0.25) is 0 Å². The van der Waals surface area contributed by atoms with E-state index < -0.39 is 0 Å². The first-order chi connectivity index (χ1) is 11.2. The Kier molecular flexibility index (Phi) is 5.18. The van der Waals surface area contributed by atoms with Crippen molar-refractivity contribution in [3.05, 3.63) is 41.9 Å². The van der Waals surface area contributed by atoms with Gasteiger partial charge in [-0.1, -0.05) is 6.07 Å². The lowest BCUT2D eigenvalue weighted by molar-refractivity contribution is 0.0269. The van der Waals surface area contributed by atoms with Gasteiger partial charge in [-0.2, -0.15) is 0 Å². The molecule has 1 saturated heterocycles. The Morgan fingerprint density at radius 3 is 2.83 bits per heavy atom. The smallest absolute Gasteiger partial charge is 0.165 e. The highest BCUT2D eigenvalue weighted by atomic mass is 19.1. The van der Waals surface area contributed by atoms with E-state index in [9.17, 15) is 4.39 Å². The molecule has 2 aliphatic rings. The molecule has 1 fully saturated rings. The summed E-state index contributed by atoms with van der Waals surface area (Å²) in [7, 11) is 1.48. The Morgan fingerprint density at radius 1 is 1.35 bits per heavy atom. The van der Waals surface area contributed by atoms with Gasteiger partial charge in [-0.3, -0.25) is 0 Å². The van der Waals surface area contributed by atoms with Crippen LogP contribution in [0.1, 0.15) is 31.2 Å². The van der Waals surface area contributed by atoms with Gasteiger partial charge in [-0.15, -0.1) is 0 Å². The lowest BCUT2D eigenvalue weighted by Crippen LogP contribution is -2.49. The normalized spacial score (nSPS) is 23.3. The van der Waals surface area contributed by atoms with Crippen molar-refractivity contribution < 1.29 is 18.6 Å². The minimum absolute atomic E-state index is 0.169. The number of hydrogen-bond donors (Lipinski definition) is 1. The highest BCUT2D eigenvalue weighted by molar-refractivity contribution is 5.34. The van der Waals surface area contributed by atoms with Crippen molar-refractivity contribution in [1.82, 2.24) is 5.32 Å². The minimum atomic E-state index is -0.325. The molecule has 0 unspecified atom stereocenters. The molecule has 0 spiro atoms.